The Bertz CT molecular complexity index is 432. The van der Waals surface area contributed by atoms with Gasteiger partial charge in [0, 0.05) is 0 Å². The van der Waals surface area contributed by atoms with Crippen LogP contribution in [0.1, 0.15) is 33.6 Å². The monoisotopic (exact) mass is 291 g/mol. The lowest BCUT2D eigenvalue weighted by Gasteiger charge is -2.27. The molecule has 1 aromatic rings. The molecule has 0 spiro atoms. The highest BCUT2D eigenvalue weighted by Gasteiger charge is 2.29. The molecule has 3 atom stereocenters. The molecular weight excluding hydrogens is 270 g/mol. The molecule has 0 aliphatic carbocycles. The van der Waals surface area contributed by atoms with Crippen molar-refractivity contribution < 1.29 is 13.5 Å². The van der Waals surface area contributed by atoms with E-state index in [0.29, 0.717) is 10.6 Å². The third-order valence-corrected chi connectivity index (χ3v) is 6.00. The zero-order valence-corrected chi connectivity index (χ0v) is 12.6. The number of sulfonamides is 1. The lowest BCUT2D eigenvalue weighted by molar-refractivity contribution is 0.107. The Morgan fingerprint density at radius 3 is 2.50 bits per heavy atom. The summed E-state index contributed by atoms with van der Waals surface area (Å²) in [6.07, 6.45) is 0.686. The molecule has 1 heterocycles. The summed E-state index contributed by atoms with van der Waals surface area (Å²) in [6.45, 7) is 5.78. The van der Waals surface area contributed by atoms with Crippen LogP contribution in [-0.4, -0.2) is 25.7 Å². The van der Waals surface area contributed by atoms with Crippen molar-refractivity contribution in [1.29, 1.82) is 0 Å². The van der Waals surface area contributed by atoms with Gasteiger partial charge in [-0.25, -0.2) is 13.1 Å². The summed E-state index contributed by atoms with van der Waals surface area (Å²) in [5, 5.41) is 11.7. The first-order valence-electron chi connectivity index (χ1n) is 6.16. The average molecular weight is 291 g/mol. The van der Waals surface area contributed by atoms with E-state index in [4.69, 9.17) is 0 Å². The summed E-state index contributed by atoms with van der Waals surface area (Å²) >= 11 is 1.18. The highest BCUT2D eigenvalue weighted by atomic mass is 32.2. The third-order valence-electron chi connectivity index (χ3n) is 3.14. The third kappa shape index (κ3) is 3.78. The van der Waals surface area contributed by atoms with Gasteiger partial charge in [-0.15, -0.1) is 11.3 Å². The predicted octanol–water partition coefficient (Wildman–Crippen LogP) is 2.21. The molecule has 0 bridgehead atoms. The zero-order valence-electron chi connectivity index (χ0n) is 11.0. The van der Waals surface area contributed by atoms with Gasteiger partial charge in [-0.05, 0) is 23.8 Å². The van der Waals surface area contributed by atoms with Crippen molar-refractivity contribution in [3.05, 3.63) is 17.5 Å². The van der Waals surface area contributed by atoms with Crippen LogP contribution < -0.4 is 4.72 Å². The first-order valence-corrected chi connectivity index (χ1v) is 8.52. The molecule has 0 aromatic carbocycles. The minimum Gasteiger partial charge on any atom is -0.391 e. The molecule has 0 radical (unpaired) electrons. The van der Waals surface area contributed by atoms with E-state index in [0.717, 1.165) is 6.42 Å². The molecule has 104 valence electrons. The SMILES string of the molecule is CC[C@H](C)C(NS(=O)(=O)c1cccs1)[C@@H](O)CC. The van der Waals surface area contributed by atoms with E-state index in [2.05, 4.69) is 4.72 Å². The number of aliphatic hydroxyl groups is 1. The van der Waals surface area contributed by atoms with E-state index in [1.807, 2.05) is 20.8 Å². The summed E-state index contributed by atoms with van der Waals surface area (Å²) in [4.78, 5) is 0. The fraction of sp³-hybridized carbons (Fsp3) is 0.667. The molecule has 6 heteroatoms. The summed E-state index contributed by atoms with van der Waals surface area (Å²) in [5.74, 6) is 0.0923. The molecule has 0 aliphatic heterocycles. The van der Waals surface area contributed by atoms with Gasteiger partial charge >= 0.3 is 0 Å². The Labute approximate surface area is 113 Å². The number of aliphatic hydroxyl groups excluding tert-OH is 1. The minimum absolute atomic E-state index is 0.0923. The van der Waals surface area contributed by atoms with Crippen LogP contribution in [0.4, 0.5) is 0 Å². The van der Waals surface area contributed by atoms with Crippen LogP contribution >= 0.6 is 11.3 Å². The largest absolute Gasteiger partial charge is 0.391 e. The molecular formula is C12H21NO3S2. The zero-order chi connectivity index (χ0) is 13.8. The van der Waals surface area contributed by atoms with Gasteiger partial charge in [0.25, 0.3) is 0 Å². The van der Waals surface area contributed by atoms with Gasteiger partial charge in [0.2, 0.25) is 10.0 Å². The van der Waals surface area contributed by atoms with E-state index < -0.39 is 22.2 Å². The number of thiophene rings is 1. The summed E-state index contributed by atoms with van der Waals surface area (Å²) in [6, 6.07) is 2.83. The maximum atomic E-state index is 12.1. The highest BCUT2D eigenvalue weighted by Crippen LogP contribution is 2.20. The van der Waals surface area contributed by atoms with Crippen molar-refractivity contribution in [3.8, 4) is 0 Å². The standard InChI is InChI=1S/C12H21NO3S2/c1-4-9(3)12(10(14)5-2)13-18(15,16)11-7-6-8-17-11/h6-10,12-14H,4-5H2,1-3H3/t9-,10-,12?/m0/s1. The van der Waals surface area contributed by atoms with E-state index >= 15 is 0 Å². The van der Waals surface area contributed by atoms with Crippen LogP contribution in [0, 0.1) is 5.92 Å². The van der Waals surface area contributed by atoms with Gasteiger partial charge in [-0.1, -0.05) is 33.3 Å². The quantitative estimate of drug-likeness (QED) is 0.809. The van der Waals surface area contributed by atoms with Crippen molar-refractivity contribution in [3.63, 3.8) is 0 Å². The first-order chi connectivity index (χ1) is 8.42. The Hall–Kier alpha value is -0.430. The van der Waals surface area contributed by atoms with Crippen molar-refractivity contribution >= 4 is 21.4 Å². The van der Waals surface area contributed by atoms with Gasteiger partial charge < -0.3 is 5.11 Å². The van der Waals surface area contributed by atoms with Crippen molar-refractivity contribution in [2.24, 2.45) is 5.92 Å². The second kappa shape index (κ2) is 6.65. The second-order valence-corrected chi connectivity index (χ2v) is 7.33. The Balaban J connectivity index is 2.90. The van der Waals surface area contributed by atoms with E-state index in [1.54, 1.807) is 17.5 Å². The number of rotatable bonds is 7. The maximum Gasteiger partial charge on any atom is 0.250 e. The molecule has 0 saturated heterocycles. The molecule has 0 saturated carbocycles. The van der Waals surface area contributed by atoms with Gasteiger partial charge in [0.1, 0.15) is 4.21 Å². The van der Waals surface area contributed by atoms with Gasteiger partial charge in [-0.2, -0.15) is 0 Å². The summed E-state index contributed by atoms with van der Waals surface area (Å²) < 4.78 is 27.2. The van der Waals surface area contributed by atoms with Gasteiger partial charge in [0.15, 0.2) is 0 Å². The van der Waals surface area contributed by atoms with Crippen LogP contribution in [-0.2, 0) is 10.0 Å². The van der Waals surface area contributed by atoms with Crippen molar-refractivity contribution in [2.75, 3.05) is 0 Å². The van der Waals surface area contributed by atoms with E-state index in [1.165, 1.54) is 11.3 Å². The fourth-order valence-corrected chi connectivity index (χ4v) is 4.12. The van der Waals surface area contributed by atoms with Crippen molar-refractivity contribution in [1.82, 2.24) is 4.72 Å². The van der Waals surface area contributed by atoms with Crippen LogP contribution in [0.2, 0.25) is 0 Å². The van der Waals surface area contributed by atoms with Crippen LogP contribution in [0.3, 0.4) is 0 Å². The molecule has 2 N–H and O–H groups in total. The van der Waals surface area contributed by atoms with Crippen LogP contribution in [0.25, 0.3) is 0 Å². The number of hydrogen-bond donors (Lipinski definition) is 2. The molecule has 18 heavy (non-hydrogen) atoms. The smallest absolute Gasteiger partial charge is 0.250 e. The minimum atomic E-state index is -3.52. The lowest BCUT2D eigenvalue weighted by atomic mass is 9.94. The van der Waals surface area contributed by atoms with Gasteiger partial charge in [0.05, 0.1) is 12.1 Å². The Kier molecular flexibility index (Phi) is 5.78. The Morgan fingerprint density at radius 2 is 2.06 bits per heavy atom. The van der Waals surface area contributed by atoms with Crippen molar-refractivity contribution in [2.45, 2.75) is 50.0 Å². The molecule has 1 unspecified atom stereocenters. The van der Waals surface area contributed by atoms with E-state index in [-0.39, 0.29) is 5.92 Å². The molecule has 0 amide bonds. The first kappa shape index (κ1) is 15.6. The number of hydrogen-bond acceptors (Lipinski definition) is 4. The summed E-state index contributed by atoms with van der Waals surface area (Å²) in [7, 11) is -3.52. The van der Waals surface area contributed by atoms with Crippen LogP contribution in [0.5, 0.6) is 0 Å². The molecule has 0 aliphatic rings. The number of nitrogens with one attached hydrogen (secondary N) is 1. The average Bonchev–Trinajstić information content (AvgIpc) is 2.88. The molecule has 1 rings (SSSR count). The molecule has 0 fully saturated rings. The Morgan fingerprint density at radius 1 is 1.39 bits per heavy atom. The topological polar surface area (TPSA) is 66.4 Å². The maximum absolute atomic E-state index is 12.1. The summed E-state index contributed by atoms with van der Waals surface area (Å²) in [5.41, 5.74) is 0. The van der Waals surface area contributed by atoms with Crippen LogP contribution in [0.15, 0.2) is 21.7 Å². The van der Waals surface area contributed by atoms with E-state index in [9.17, 15) is 13.5 Å². The second-order valence-electron chi connectivity index (χ2n) is 4.44. The van der Waals surface area contributed by atoms with Gasteiger partial charge in [-0.3, -0.25) is 0 Å². The fourth-order valence-electron chi connectivity index (χ4n) is 1.74. The predicted molar refractivity (Wildman–Crippen MR) is 74.2 cm³/mol. The molecule has 4 nitrogen and oxygen atoms in total. The highest BCUT2D eigenvalue weighted by molar-refractivity contribution is 7.91. The normalized spacial score (nSPS) is 17.3. The lowest BCUT2D eigenvalue weighted by Crippen LogP contribution is -2.46. The molecule has 1 aromatic heterocycles.